The first-order valence-corrected chi connectivity index (χ1v) is 14.6. The first-order valence-electron chi connectivity index (χ1n) is 12.4. The Labute approximate surface area is 240 Å². The topological polar surface area (TPSA) is 86.8 Å². The van der Waals surface area contributed by atoms with Gasteiger partial charge in [-0.1, -0.05) is 59.1 Å². The summed E-state index contributed by atoms with van der Waals surface area (Å²) in [7, 11) is -4.15. The normalized spacial score (nSPS) is 12.5. The third-order valence-corrected chi connectivity index (χ3v) is 8.38. The molecule has 0 saturated carbocycles. The Hall–Kier alpha value is -3.07. The van der Waals surface area contributed by atoms with Crippen LogP contribution in [0.25, 0.3) is 0 Å². The minimum Gasteiger partial charge on any atom is -0.350 e. The Bertz CT molecular complexity index is 1420. The van der Waals surface area contributed by atoms with E-state index in [2.05, 4.69) is 5.32 Å². The molecule has 3 aromatic rings. The fourth-order valence-electron chi connectivity index (χ4n) is 3.84. The second-order valence-electron chi connectivity index (χ2n) is 10.3. The van der Waals surface area contributed by atoms with Gasteiger partial charge in [0, 0.05) is 22.1 Å². The quantitative estimate of drug-likeness (QED) is 0.340. The molecule has 0 spiro atoms. The molecule has 0 heterocycles. The largest absolute Gasteiger partial charge is 0.350 e. The molecule has 0 fully saturated rings. The maximum absolute atomic E-state index is 13.9. The van der Waals surface area contributed by atoms with Crippen LogP contribution in [-0.4, -0.2) is 43.3 Å². The first-order chi connectivity index (χ1) is 18.2. The van der Waals surface area contributed by atoms with Gasteiger partial charge >= 0.3 is 0 Å². The number of halogens is 2. The highest BCUT2D eigenvalue weighted by molar-refractivity contribution is 7.92. The number of hydrogen-bond donors (Lipinski definition) is 1. The smallest absolute Gasteiger partial charge is 0.264 e. The molecule has 0 radical (unpaired) electrons. The van der Waals surface area contributed by atoms with Gasteiger partial charge in [-0.25, -0.2) is 8.42 Å². The van der Waals surface area contributed by atoms with Crippen LogP contribution in [0.2, 0.25) is 10.0 Å². The van der Waals surface area contributed by atoms with Gasteiger partial charge in [-0.15, -0.1) is 0 Å². The van der Waals surface area contributed by atoms with Crippen LogP contribution in [0.1, 0.15) is 38.8 Å². The van der Waals surface area contributed by atoms with Crippen molar-refractivity contribution >= 4 is 50.7 Å². The lowest BCUT2D eigenvalue weighted by Gasteiger charge is -2.33. The molecule has 3 aromatic carbocycles. The fraction of sp³-hybridized carbons (Fsp3) is 0.310. The van der Waals surface area contributed by atoms with Gasteiger partial charge in [0.1, 0.15) is 12.6 Å². The zero-order chi connectivity index (χ0) is 29.0. The van der Waals surface area contributed by atoms with Gasteiger partial charge in [0.05, 0.1) is 10.6 Å². The van der Waals surface area contributed by atoms with Crippen LogP contribution in [0.3, 0.4) is 0 Å². The third-order valence-electron chi connectivity index (χ3n) is 5.97. The van der Waals surface area contributed by atoms with Gasteiger partial charge < -0.3 is 10.2 Å². The zero-order valence-electron chi connectivity index (χ0n) is 22.6. The van der Waals surface area contributed by atoms with Crippen molar-refractivity contribution in [2.45, 2.75) is 57.6 Å². The van der Waals surface area contributed by atoms with Crippen LogP contribution in [-0.2, 0) is 26.2 Å². The van der Waals surface area contributed by atoms with Crippen LogP contribution < -0.4 is 9.62 Å². The molecule has 10 heteroatoms. The van der Waals surface area contributed by atoms with Gasteiger partial charge in [-0.05, 0) is 82.6 Å². The second-order valence-corrected chi connectivity index (χ2v) is 13.0. The molecule has 0 aliphatic carbocycles. The lowest BCUT2D eigenvalue weighted by molar-refractivity contribution is -0.140. The van der Waals surface area contributed by atoms with Crippen molar-refractivity contribution in [1.82, 2.24) is 10.2 Å². The summed E-state index contributed by atoms with van der Waals surface area (Å²) in [5.41, 5.74) is 1.25. The van der Waals surface area contributed by atoms with Crippen molar-refractivity contribution in [2.24, 2.45) is 0 Å². The van der Waals surface area contributed by atoms with E-state index in [0.29, 0.717) is 15.6 Å². The second kappa shape index (κ2) is 12.4. The summed E-state index contributed by atoms with van der Waals surface area (Å²) < 4.78 is 28.7. The molecule has 0 aliphatic rings. The maximum atomic E-state index is 13.9. The first kappa shape index (κ1) is 30.5. The molecule has 3 rings (SSSR count). The van der Waals surface area contributed by atoms with E-state index in [4.69, 9.17) is 23.2 Å². The SMILES string of the molecule is Cc1ccc(S(=O)(=O)N(CC(=O)N(Cc2ccccc2Cl)C(C)C(=O)NC(C)(C)C)c2ccc(Cl)cc2)cc1. The number of nitrogens with one attached hydrogen (secondary N) is 1. The number of nitrogens with zero attached hydrogens (tertiary/aromatic N) is 2. The van der Waals surface area contributed by atoms with Crippen LogP contribution in [0.5, 0.6) is 0 Å². The molecule has 0 aromatic heterocycles. The summed E-state index contributed by atoms with van der Waals surface area (Å²) >= 11 is 12.4. The Balaban J connectivity index is 2.04. The molecule has 39 heavy (non-hydrogen) atoms. The lowest BCUT2D eigenvalue weighted by Crippen LogP contribution is -2.54. The number of anilines is 1. The lowest BCUT2D eigenvalue weighted by atomic mass is 10.1. The minimum atomic E-state index is -4.15. The van der Waals surface area contributed by atoms with E-state index in [9.17, 15) is 18.0 Å². The number of aryl methyl sites for hydroxylation is 1. The summed E-state index contributed by atoms with van der Waals surface area (Å²) in [6.07, 6.45) is 0. The highest BCUT2D eigenvalue weighted by Gasteiger charge is 2.33. The van der Waals surface area contributed by atoms with Gasteiger partial charge in [0.15, 0.2) is 0 Å². The van der Waals surface area contributed by atoms with E-state index in [1.54, 1.807) is 55.5 Å². The Morgan fingerprint density at radius 1 is 0.923 bits per heavy atom. The fourth-order valence-corrected chi connectivity index (χ4v) is 5.58. The molecule has 1 N–H and O–H groups in total. The van der Waals surface area contributed by atoms with Gasteiger partial charge in [-0.2, -0.15) is 0 Å². The minimum absolute atomic E-state index is 0.0102. The van der Waals surface area contributed by atoms with Crippen molar-refractivity contribution in [3.8, 4) is 0 Å². The van der Waals surface area contributed by atoms with Gasteiger partial charge in [-0.3, -0.25) is 13.9 Å². The molecule has 0 aliphatic heterocycles. The predicted octanol–water partition coefficient (Wildman–Crippen LogP) is 5.83. The molecule has 2 amide bonds. The Kier molecular flexibility index (Phi) is 9.69. The van der Waals surface area contributed by atoms with Gasteiger partial charge in [0.2, 0.25) is 11.8 Å². The summed E-state index contributed by atoms with van der Waals surface area (Å²) in [6.45, 7) is 8.45. The van der Waals surface area contributed by atoms with E-state index in [-0.39, 0.29) is 23.0 Å². The predicted molar refractivity (Wildman–Crippen MR) is 157 cm³/mol. The Morgan fingerprint density at radius 2 is 1.51 bits per heavy atom. The van der Waals surface area contributed by atoms with Crippen LogP contribution in [0, 0.1) is 6.92 Å². The van der Waals surface area contributed by atoms with E-state index in [1.807, 2.05) is 27.7 Å². The molecular formula is C29H33Cl2N3O4S. The summed E-state index contributed by atoms with van der Waals surface area (Å²) in [5, 5.41) is 3.75. The number of rotatable bonds is 9. The monoisotopic (exact) mass is 589 g/mol. The van der Waals surface area contributed by atoms with Crippen LogP contribution in [0.15, 0.2) is 77.7 Å². The van der Waals surface area contributed by atoms with E-state index >= 15 is 0 Å². The van der Waals surface area contributed by atoms with E-state index in [1.165, 1.54) is 29.2 Å². The molecule has 0 saturated heterocycles. The highest BCUT2D eigenvalue weighted by Crippen LogP contribution is 2.27. The van der Waals surface area contributed by atoms with Crippen molar-refractivity contribution in [2.75, 3.05) is 10.8 Å². The maximum Gasteiger partial charge on any atom is 0.264 e. The van der Waals surface area contributed by atoms with Crippen molar-refractivity contribution in [1.29, 1.82) is 0 Å². The number of carbonyl (C=O) groups excluding carboxylic acids is 2. The molecule has 7 nitrogen and oxygen atoms in total. The molecule has 0 bridgehead atoms. The summed E-state index contributed by atoms with van der Waals surface area (Å²) in [5.74, 6) is -0.945. The van der Waals surface area contributed by atoms with E-state index < -0.39 is 34.1 Å². The number of hydrogen-bond acceptors (Lipinski definition) is 4. The molecular weight excluding hydrogens is 557 g/mol. The number of sulfonamides is 1. The van der Waals surface area contributed by atoms with Crippen molar-refractivity contribution in [3.63, 3.8) is 0 Å². The standard InChI is InChI=1S/C29H33Cl2N3O4S/c1-20-10-16-25(17-11-20)39(37,38)34(24-14-12-23(30)13-15-24)19-27(35)33(18-22-8-6-7-9-26(22)31)21(2)28(36)32-29(3,4)5/h6-17,21H,18-19H2,1-5H3,(H,32,36). The molecule has 208 valence electrons. The number of benzene rings is 3. The summed E-state index contributed by atoms with van der Waals surface area (Å²) in [6, 6.07) is 18.7. The highest BCUT2D eigenvalue weighted by atomic mass is 35.5. The van der Waals surface area contributed by atoms with E-state index in [0.717, 1.165) is 9.87 Å². The van der Waals surface area contributed by atoms with Gasteiger partial charge in [0.25, 0.3) is 10.0 Å². The summed E-state index contributed by atoms with van der Waals surface area (Å²) in [4.78, 5) is 28.4. The van der Waals surface area contributed by atoms with Crippen LogP contribution in [0.4, 0.5) is 5.69 Å². The number of amides is 2. The van der Waals surface area contributed by atoms with Crippen LogP contribution >= 0.6 is 23.2 Å². The van der Waals surface area contributed by atoms with Crippen molar-refractivity contribution < 1.29 is 18.0 Å². The number of carbonyl (C=O) groups is 2. The third kappa shape index (κ3) is 7.97. The van der Waals surface area contributed by atoms with Crippen molar-refractivity contribution in [3.05, 3.63) is 94.0 Å². The Morgan fingerprint density at radius 3 is 2.08 bits per heavy atom. The zero-order valence-corrected chi connectivity index (χ0v) is 24.9. The molecule has 1 unspecified atom stereocenters. The average Bonchev–Trinajstić information content (AvgIpc) is 2.86. The average molecular weight is 591 g/mol. The molecule has 1 atom stereocenters.